The van der Waals surface area contributed by atoms with Gasteiger partial charge >= 0.3 is 0 Å². The van der Waals surface area contributed by atoms with Gasteiger partial charge in [-0.2, -0.15) is 0 Å². The van der Waals surface area contributed by atoms with Crippen molar-refractivity contribution in [2.24, 2.45) is 0 Å². The molecule has 0 atom stereocenters. The minimum Gasteiger partial charge on any atom is -0.324 e. The fourth-order valence-electron chi connectivity index (χ4n) is 1.46. The van der Waals surface area contributed by atoms with Gasteiger partial charge in [-0.05, 0) is 42.5 Å². The van der Waals surface area contributed by atoms with E-state index >= 15 is 0 Å². The maximum absolute atomic E-state index is 12.7. The molecule has 0 heterocycles. The van der Waals surface area contributed by atoms with Crippen molar-refractivity contribution >= 4 is 46.6 Å². The zero-order valence-electron chi connectivity index (χ0n) is 10.2. The molecule has 2 aromatic carbocycles. The molecule has 0 bridgehead atoms. The zero-order chi connectivity index (χ0) is 14.5. The Morgan fingerprint density at radius 2 is 1.85 bits per heavy atom. The summed E-state index contributed by atoms with van der Waals surface area (Å²) in [7, 11) is 0. The first-order valence-corrected chi connectivity index (χ1v) is 7.42. The molecule has 20 heavy (non-hydrogen) atoms. The number of carbonyl (C=O) groups excluding carboxylic acids is 1. The largest absolute Gasteiger partial charge is 0.324 e. The molecule has 0 spiro atoms. The molecule has 2 nitrogen and oxygen atoms in total. The van der Waals surface area contributed by atoms with Crippen molar-refractivity contribution in [1.82, 2.24) is 0 Å². The smallest absolute Gasteiger partial charge is 0.234 e. The van der Waals surface area contributed by atoms with E-state index in [1.807, 2.05) is 0 Å². The summed E-state index contributed by atoms with van der Waals surface area (Å²) in [6.07, 6.45) is 0. The van der Waals surface area contributed by atoms with Crippen LogP contribution in [0.5, 0.6) is 0 Å². The third-order valence-electron chi connectivity index (χ3n) is 2.39. The summed E-state index contributed by atoms with van der Waals surface area (Å²) in [4.78, 5) is 12.6. The Hall–Kier alpha value is -1.23. The molecular weight excluding hydrogens is 320 g/mol. The molecule has 6 heteroatoms. The van der Waals surface area contributed by atoms with Crippen molar-refractivity contribution in [3.63, 3.8) is 0 Å². The third-order valence-corrected chi connectivity index (χ3v) is 3.96. The topological polar surface area (TPSA) is 29.1 Å². The average Bonchev–Trinajstić information content (AvgIpc) is 2.42. The summed E-state index contributed by atoms with van der Waals surface area (Å²) in [6, 6.07) is 10.8. The maximum Gasteiger partial charge on any atom is 0.234 e. The molecule has 0 aliphatic carbocycles. The van der Waals surface area contributed by atoms with Crippen molar-refractivity contribution in [3.05, 3.63) is 58.3 Å². The molecule has 0 aromatic heterocycles. The quantitative estimate of drug-likeness (QED) is 0.811. The predicted molar refractivity (Wildman–Crippen MR) is 82.2 cm³/mol. The second-order valence-electron chi connectivity index (χ2n) is 3.91. The lowest BCUT2D eigenvalue weighted by atomic mass is 10.3. The van der Waals surface area contributed by atoms with Crippen LogP contribution in [-0.4, -0.2) is 11.7 Å². The van der Waals surface area contributed by atoms with Gasteiger partial charge in [0.1, 0.15) is 5.82 Å². The zero-order valence-corrected chi connectivity index (χ0v) is 12.5. The van der Waals surface area contributed by atoms with Gasteiger partial charge in [-0.15, -0.1) is 11.8 Å². The number of hydrogen-bond donors (Lipinski definition) is 1. The highest BCUT2D eigenvalue weighted by molar-refractivity contribution is 8.00. The Bertz CT molecular complexity index is 619. The van der Waals surface area contributed by atoms with E-state index in [1.165, 1.54) is 23.9 Å². The fourth-order valence-corrected chi connectivity index (χ4v) is 2.49. The standard InChI is InChI=1S/C14H10Cl2FNOS/c15-9-1-6-12(16)13(7-9)18-14(19)8-20-11-4-2-10(17)3-5-11/h1-7H,8H2,(H,18,19). The van der Waals surface area contributed by atoms with Gasteiger partial charge in [0.25, 0.3) is 0 Å². The second kappa shape index (κ2) is 6.97. The normalized spacial score (nSPS) is 10.3. The van der Waals surface area contributed by atoms with Crippen LogP contribution in [0.25, 0.3) is 0 Å². The van der Waals surface area contributed by atoms with Gasteiger partial charge in [0.15, 0.2) is 0 Å². The van der Waals surface area contributed by atoms with E-state index in [0.29, 0.717) is 15.7 Å². The summed E-state index contributed by atoms with van der Waals surface area (Å²) < 4.78 is 12.7. The summed E-state index contributed by atoms with van der Waals surface area (Å²) in [5.41, 5.74) is 0.476. The molecule has 0 saturated carbocycles. The van der Waals surface area contributed by atoms with Crippen LogP contribution in [0.4, 0.5) is 10.1 Å². The van der Waals surface area contributed by atoms with Crippen molar-refractivity contribution < 1.29 is 9.18 Å². The van der Waals surface area contributed by atoms with E-state index in [1.54, 1.807) is 30.3 Å². The van der Waals surface area contributed by atoms with Gasteiger partial charge in [0.05, 0.1) is 16.5 Å². The van der Waals surface area contributed by atoms with Crippen molar-refractivity contribution in [3.8, 4) is 0 Å². The number of benzene rings is 2. The second-order valence-corrected chi connectivity index (χ2v) is 5.81. The monoisotopic (exact) mass is 329 g/mol. The van der Waals surface area contributed by atoms with Crippen LogP contribution in [0.2, 0.25) is 10.0 Å². The summed E-state index contributed by atoms with van der Waals surface area (Å²) >= 11 is 13.1. The van der Waals surface area contributed by atoms with Crippen molar-refractivity contribution in [1.29, 1.82) is 0 Å². The lowest BCUT2D eigenvalue weighted by molar-refractivity contribution is -0.113. The van der Waals surface area contributed by atoms with E-state index in [4.69, 9.17) is 23.2 Å². The molecule has 0 saturated heterocycles. The summed E-state index contributed by atoms with van der Waals surface area (Å²) in [6.45, 7) is 0. The fraction of sp³-hybridized carbons (Fsp3) is 0.0714. The lowest BCUT2D eigenvalue weighted by Crippen LogP contribution is -2.14. The molecule has 2 rings (SSSR count). The number of rotatable bonds is 4. The van der Waals surface area contributed by atoms with Gasteiger partial charge in [-0.25, -0.2) is 4.39 Å². The number of nitrogens with one attached hydrogen (secondary N) is 1. The van der Waals surface area contributed by atoms with Gasteiger partial charge in [0.2, 0.25) is 5.91 Å². The third kappa shape index (κ3) is 4.40. The van der Waals surface area contributed by atoms with Gasteiger partial charge in [-0.1, -0.05) is 23.2 Å². The molecular formula is C14H10Cl2FNOS. The molecule has 0 radical (unpaired) electrons. The molecule has 0 unspecified atom stereocenters. The molecule has 104 valence electrons. The van der Waals surface area contributed by atoms with Gasteiger partial charge in [-0.3, -0.25) is 4.79 Å². The van der Waals surface area contributed by atoms with Crippen LogP contribution >= 0.6 is 35.0 Å². The number of hydrogen-bond acceptors (Lipinski definition) is 2. The van der Waals surface area contributed by atoms with Crippen molar-refractivity contribution in [2.45, 2.75) is 4.90 Å². The molecule has 0 aliphatic heterocycles. The molecule has 1 amide bonds. The molecule has 2 aromatic rings. The van der Waals surface area contributed by atoms with E-state index in [0.717, 1.165) is 4.90 Å². The molecule has 0 aliphatic rings. The van der Waals surface area contributed by atoms with Gasteiger partial charge < -0.3 is 5.32 Å². The Morgan fingerprint density at radius 1 is 1.15 bits per heavy atom. The van der Waals surface area contributed by atoms with Crippen LogP contribution in [0, 0.1) is 5.82 Å². The van der Waals surface area contributed by atoms with Gasteiger partial charge in [0, 0.05) is 9.92 Å². The predicted octanol–water partition coefficient (Wildman–Crippen LogP) is 4.86. The van der Waals surface area contributed by atoms with Crippen LogP contribution < -0.4 is 5.32 Å². The number of thioether (sulfide) groups is 1. The van der Waals surface area contributed by atoms with Crippen LogP contribution in [0.15, 0.2) is 47.4 Å². The van der Waals surface area contributed by atoms with Crippen molar-refractivity contribution in [2.75, 3.05) is 11.1 Å². The minimum atomic E-state index is -0.301. The Labute approximate surface area is 130 Å². The average molecular weight is 330 g/mol. The van der Waals surface area contributed by atoms with E-state index in [-0.39, 0.29) is 17.5 Å². The number of anilines is 1. The SMILES string of the molecule is O=C(CSc1ccc(F)cc1)Nc1cc(Cl)ccc1Cl. The summed E-state index contributed by atoms with van der Waals surface area (Å²) in [5.74, 6) is -0.304. The Balaban J connectivity index is 1.92. The highest BCUT2D eigenvalue weighted by atomic mass is 35.5. The van der Waals surface area contributed by atoms with E-state index in [9.17, 15) is 9.18 Å². The molecule has 0 fully saturated rings. The number of amides is 1. The Kier molecular flexibility index (Phi) is 5.29. The number of carbonyl (C=O) groups is 1. The van der Waals surface area contributed by atoms with E-state index in [2.05, 4.69) is 5.32 Å². The number of halogens is 3. The first-order chi connectivity index (χ1) is 9.54. The van der Waals surface area contributed by atoms with E-state index < -0.39 is 0 Å². The first kappa shape index (κ1) is 15.2. The summed E-state index contributed by atoms with van der Waals surface area (Å²) in [5, 5.41) is 3.60. The first-order valence-electron chi connectivity index (χ1n) is 5.68. The van der Waals surface area contributed by atoms with Crippen LogP contribution in [0.3, 0.4) is 0 Å². The minimum absolute atomic E-state index is 0.203. The van der Waals surface area contributed by atoms with Crippen LogP contribution in [-0.2, 0) is 4.79 Å². The molecule has 1 N–H and O–H groups in total. The highest BCUT2D eigenvalue weighted by Crippen LogP contribution is 2.26. The highest BCUT2D eigenvalue weighted by Gasteiger charge is 2.07. The maximum atomic E-state index is 12.7. The lowest BCUT2D eigenvalue weighted by Gasteiger charge is -2.07. The Morgan fingerprint density at radius 3 is 2.55 bits per heavy atom. The van der Waals surface area contributed by atoms with Crippen LogP contribution in [0.1, 0.15) is 0 Å².